The lowest BCUT2D eigenvalue weighted by molar-refractivity contribution is 0.187. The van der Waals surface area contributed by atoms with Gasteiger partial charge in [0.05, 0.1) is 0 Å². The van der Waals surface area contributed by atoms with Crippen LogP contribution in [0.1, 0.15) is 39.5 Å². The third kappa shape index (κ3) is 6.53. The van der Waals surface area contributed by atoms with Crippen molar-refractivity contribution >= 4 is 9.76 Å². The Morgan fingerprint density at radius 2 is 1.82 bits per heavy atom. The fourth-order valence-electron chi connectivity index (χ4n) is 1.07. The molecule has 0 atom stereocenters. The zero-order chi connectivity index (χ0) is 8.53. The molecule has 2 nitrogen and oxygen atoms in total. The monoisotopic (exact) mass is 173 g/mol. The first-order valence-electron chi connectivity index (χ1n) is 4.43. The number of nitrogens with two attached hydrogens (primary N) is 1. The Hall–Kier alpha value is 0.137. The van der Waals surface area contributed by atoms with E-state index in [9.17, 15) is 0 Å². The van der Waals surface area contributed by atoms with Gasteiger partial charge in [-0.25, -0.2) is 0 Å². The third-order valence-electron chi connectivity index (χ3n) is 1.55. The smallest absolute Gasteiger partial charge is 0.245 e. The van der Waals surface area contributed by atoms with Gasteiger partial charge >= 0.3 is 0 Å². The Kier molecular flexibility index (Phi) is 8.34. The minimum atomic E-state index is 0.465. The molecule has 0 spiro atoms. The minimum Gasteiger partial charge on any atom is -0.413 e. The predicted molar refractivity (Wildman–Crippen MR) is 49.5 cm³/mol. The van der Waals surface area contributed by atoms with E-state index in [1.807, 2.05) is 0 Å². The highest BCUT2D eigenvalue weighted by atomic mass is 28.2. The first-order chi connectivity index (χ1) is 5.35. The van der Waals surface area contributed by atoms with E-state index >= 15 is 0 Å². The molecular weight excluding hydrogens is 154 g/mol. The summed E-state index contributed by atoms with van der Waals surface area (Å²) in [5.41, 5.74) is 5.36. The van der Waals surface area contributed by atoms with Crippen LogP contribution in [-0.4, -0.2) is 22.0 Å². The second-order valence-corrected chi connectivity index (χ2v) is 3.60. The molecule has 11 heavy (non-hydrogen) atoms. The summed E-state index contributed by atoms with van der Waals surface area (Å²) in [6, 6.07) is 0. The first-order valence-corrected chi connectivity index (χ1v) is 5.55. The average molecular weight is 173 g/mol. The van der Waals surface area contributed by atoms with Gasteiger partial charge in [0.15, 0.2) is 0 Å². The van der Waals surface area contributed by atoms with Crippen LogP contribution in [0.15, 0.2) is 0 Å². The van der Waals surface area contributed by atoms with E-state index in [2.05, 4.69) is 13.8 Å². The summed E-state index contributed by atoms with van der Waals surface area (Å²) in [6.45, 7) is 4.38. The average Bonchev–Trinajstić information content (AvgIpc) is 2.01. The van der Waals surface area contributed by atoms with Crippen LogP contribution in [0.5, 0.6) is 0 Å². The molecule has 0 aliphatic heterocycles. The predicted octanol–water partition coefficient (Wildman–Crippen LogP) is 1.51. The van der Waals surface area contributed by atoms with Crippen molar-refractivity contribution in [3.63, 3.8) is 0 Å². The van der Waals surface area contributed by atoms with E-state index in [0.717, 1.165) is 0 Å². The van der Waals surface area contributed by atoms with Crippen molar-refractivity contribution in [3.05, 3.63) is 0 Å². The summed E-state index contributed by atoms with van der Waals surface area (Å²) in [5.74, 6) is 0. The molecule has 0 aromatic carbocycles. The van der Waals surface area contributed by atoms with E-state index in [0.29, 0.717) is 22.0 Å². The van der Waals surface area contributed by atoms with Crippen LogP contribution < -0.4 is 5.73 Å². The molecule has 0 saturated heterocycles. The van der Waals surface area contributed by atoms with Crippen molar-refractivity contribution in [3.8, 4) is 0 Å². The maximum absolute atomic E-state index is 5.57. The molecule has 0 unspecified atom stereocenters. The molecule has 3 heteroatoms. The van der Waals surface area contributed by atoms with Crippen molar-refractivity contribution in [2.24, 2.45) is 5.73 Å². The van der Waals surface area contributed by atoms with Crippen molar-refractivity contribution in [1.82, 2.24) is 0 Å². The van der Waals surface area contributed by atoms with Crippen LogP contribution >= 0.6 is 0 Å². The SMILES string of the molecule is CCCC(CCC)O[Si]CN. The van der Waals surface area contributed by atoms with Crippen LogP contribution in [0.25, 0.3) is 0 Å². The summed E-state index contributed by atoms with van der Waals surface area (Å²) < 4.78 is 5.57. The number of hydrogen-bond donors (Lipinski definition) is 1. The Labute approximate surface area is 72.4 Å². The van der Waals surface area contributed by atoms with Crippen LogP contribution in [0.4, 0.5) is 0 Å². The zero-order valence-corrected chi connectivity index (χ0v) is 8.60. The van der Waals surface area contributed by atoms with Gasteiger partial charge in [-0.3, -0.25) is 0 Å². The molecule has 0 aromatic rings. The summed E-state index contributed by atoms with van der Waals surface area (Å²) in [4.78, 5) is 0. The number of hydrogen-bond acceptors (Lipinski definition) is 2. The molecule has 0 amide bonds. The maximum Gasteiger partial charge on any atom is 0.245 e. The second-order valence-electron chi connectivity index (χ2n) is 2.67. The van der Waals surface area contributed by atoms with Crippen molar-refractivity contribution in [1.29, 1.82) is 0 Å². The van der Waals surface area contributed by atoms with Crippen LogP contribution in [-0.2, 0) is 4.43 Å². The molecule has 0 fully saturated rings. The van der Waals surface area contributed by atoms with Gasteiger partial charge in [0.1, 0.15) is 0 Å². The summed E-state index contributed by atoms with van der Waals surface area (Å²) >= 11 is 0. The molecule has 0 rings (SSSR count). The summed E-state index contributed by atoms with van der Waals surface area (Å²) in [7, 11) is 0.493. The summed E-state index contributed by atoms with van der Waals surface area (Å²) in [6.07, 6.45) is 5.91. The van der Waals surface area contributed by atoms with Crippen molar-refractivity contribution < 1.29 is 4.43 Å². The lowest BCUT2D eigenvalue weighted by Crippen LogP contribution is -2.21. The van der Waals surface area contributed by atoms with Gasteiger partial charge in [-0.15, -0.1) is 0 Å². The van der Waals surface area contributed by atoms with Gasteiger partial charge < -0.3 is 10.2 Å². The lowest BCUT2D eigenvalue weighted by atomic mass is 10.1. The fourth-order valence-corrected chi connectivity index (χ4v) is 1.64. The lowest BCUT2D eigenvalue weighted by Gasteiger charge is -2.15. The topological polar surface area (TPSA) is 35.2 Å². The van der Waals surface area contributed by atoms with E-state index in [4.69, 9.17) is 10.2 Å². The maximum atomic E-state index is 5.57. The zero-order valence-electron chi connectivity index (χ0n) is 7.60. The molecule has 2 radical (unpaired) electrons. The Morgan fingerprint density at radius 1 is 1.27 bits per heavy atom. The largest absolute Gasteiger partial charge is 0.413 e. The highest BCUT2D eigenvalue weighted by molar-refractivity contribution is 6.27. The molecular formula is C8H19NOSi. The Bertz CT molecular complexity index is 74.5. The van der Waals surface area contributed by atoms with Crippen LogP contribution in [0.3, 0.4) is 0 Å². The van der Waals surface area contributed by atoms with Crippen molar-refractivity contribution in [2.75, 3.05) is 6.17 Å². The van der Waals surface area contributed by atoms with Gasteiger partial charge in [0, 0.05) is 12.3 Å². The molecule has 2 N–H and O–H groups in total. The molecule has 0 aromatic heterocycles. The molecule has 0 bridgehead atoms. The van der Waals surface area contributed by atoms with Gasteiger partial charge in [-0.2, -0.15) is 0 Å². The highest BCUT2D eigenvalue weighted by Gasteiger charge is 2.05. The van der Waals surface area contributed by atoms with E-state index in [1.165, 1.54) is 25.7 Å². The normalized spacial score (nSPS) is 10.9. The molecule has 0 aliphatic carbocycles. The Morgan fingerprint density at radius 3 is 2.18 bits per heavy atom. The van der Waals surface area contributed by atoms with E-state index in [1.54, 1.807) is 0 Å². The van der Waals surface area contributed by atoms with Gasteiger partial charge in [0.25, 0.3) is 0 Å². The van der Waals surface area contributed by atoms with Gasteiger partial charge in [0.2, 0.25) is 9.76 Å². The second kappa shape index (κ2) is 8.24. The standard InChI is InChI=1S/C8H19NOSi/c1-3-5-8(6-4-2)10-11-7-9/h8H,3-7,9H2,1-2H3. The van der Waals surface area contributed by atoms with Gasteiger partial charge in [-0.05, 0) is 12.8 Å². The Balaban J connectivity index is 3.34. The molecule has 0 saturated carbocycles. The van der Waals surface area contributed by atoms with Crippen LogP contribution in [0, 0.1) is 0 Å². The number of rotatable bonds is 7. The molecule has 0 aliphatic rings. The molecule has 0 heterocycles. The molecule has 66 valence electrons. The van der Waals surface area contributed by atoms with Crippen LogP contribution in [0.2, 0.25) is 0 Å². The third-order valence-corrected chi connectivity index (χ3v) is 2.22. The fraction of sp³-hybridized carbons (Fsp3) is 1.00. The van der Waals surface area contributed by atoms with E-state index < -0.39 is 0 Å². The minimum absolute atomic E-state index is 0.465. The van der Waals surface area contributed by atoms with Gasteiger partial charge in [-0.1, -0.05) is 26.7 Å². The quantitative estimate of drug-likeness (QED) is 0.592. The van der Waals surface area contributed by atoms with Crippen molar-refractivity contribution in [2.45, 2.75) is 45.6 Å². The summed E-state index contributed by atoms with van der Waals surface area (Å²) in [5, 5.41) is 0. The first kappa shape index (κ1) is 11.1. The van der Waals surface area contributed by atoms with E-state index in [-0.39, 0.29) is 0 Å². The highest BCUT2D eigenvalue weighted by Crippen LogP contribution is 2.07.